The Morgan fingerprint density at radius 1 is 1.47 bits per heavy atom. The van der Waals surface area contributed by atoms with Crippen LogP contribution in [0.3, 0.4) is 0 Å². The number of nitrogens with zero attached hydrogens (tertiary/aromatic N) is 3. The average molecular weight is 301 g/mol. The van der Waals surface area contributed by atoms with Crippen molar-refractivity contribution < 1.29 is 8.42 Å². The molecule has 0 amide bonds. The molecule has 0 aliphatic rings. The molecule has 104 valence electrons. The lowest BCUT2D eigenvalue weighted by molar-refractivity contribution is 0.582. The molecule has 2 aromatic heterocycles. The number of likely N-dealkylation sites (N-methyl/N-ethyl adjacent to an activating group) is 1. The van der Waals surface area contributed by atoms with Gasteiger partial charge in [-0.2, -0.15) is 5.10 Å². The first-order valence-electron chi connectivity index (χ1n) is 5.63. The zero-order valence-electron chi connectivity index (χ0n) is 10.6. The number of aryl methyl sites for hydroxylation is 1. The molecule has 0 saturated carbocycles. The Bertz CT molecular complexity index is 646. The highest BCUT2D eigenvalue weighted by atomic mass is 32.2. The standard InChI is InChI=1S/C10H15N5O2S2/c1-8-7-18-10(13-8)14-19(16,17)9-5-12-15(6-9)4-3-11-2/h5-7,11H,3-4H2,1-2H3,(H,13,14). The molecule has 0 aliphatic heterocycles. The van der Waals surface area contributed by atoms with E-state index in [0.717, 1.165) is 12.2 Å². The van der Waals surface area contributed by atoms with Crippen LogP contribution in [-0.4, -0.2) is 36.8 Å². The fourth-order valence-electron chi connectivity index (χ4n) is 1.41. The molecular formula is C10H15N5O2S2. The summed E-state index contributed by atoms with van der Waals surface area (Å²) in [5.74, 6) is 0. The lowest BCUT2D eigenvalue weighted by Gasteiger charge is -2.02. The molecule has 2 heterocycles. The van der Waals surface area contributed by atoms with Crippen molar-refractivity contribution in [1.29, 1.82) is 0 Å². The molecule has 7 nitrogen and oxygen atoms in total. The number of hydrogen-bond acceptors (Lipinski definition) is 6. The van der Waals surface area contributed by atoms with Crippen molar-refractivity contribution in [2.75, 3.05) is 18.3 Å². The zero-order chi connectivity index (χ0) is 13.9. The Morgan fingerprint density at radius 3 is 2.89 bits per heavy atom. The van der Waals surface area contributed by atoms with Gasteiger partial charge in [-0.15, -0.1) is 11.3 Å². The van der Waals surface area contributed by atoms with Gasteiger partial charge in [0.05, 0.1) is 18.4 Å². The lowest BCUT2D eigenvalue weighted by Crippen LogP contribution is -2.15. The second-order valence-corrected chi connectivity index (χ2v) is 6.48. The highest BCUT2D eigenvalue weighted by Gasteiger charge is 2.18. The first-order chi connectivity index (χ1) is 9.01. The summed E-state index contributed by atoms with van der Waals surface area (Å²) in [6, 6.07) is 0. The molecule has 2 aromatic rings. The minimum Gasteiger partial charge on any atom is -0.318 e. The van der Waals surface area contributed by atoms with E-state index in [4.69, 9.17) is 0 Å². The van der Waals surface area contributed by atoms with Crippen molar-refractivity contribution in [3.63, 3.8) is 0 Å². The molecule has 0 saturated heterocycles. The summed E-state index contributed by atoms with van der Waals surface area (Å²) >= 11 is 1.25. The molecule has 19 heavy (non-hydrogen) atoms. The SMILES string of the molecule is CNCCn1cc(S(=O)(=O)Nc2nc(C)cs2)cn1. The van der Waals surface area contributed by atoms with Crippen molar-refractivity contribution in [3.05, 3.63) is 23.5 Å². The summed E-state index contributed by atoms with van der Waals surface area (Å²) in [6.45, 7) is 3.15. The molecule has 2 N–H and O–H groups in total. The number of sulfonamides is 1. The van der Waals surface area contributed by atoms with E-state index in [9.17, 15) is 8.42 Å². The number of nitrogens with one attached hydrogen (secondary N) is 2. The maximum atomic E-state index is 12.1. The molecule has 0 aliphatic carbocycles. The third kappa shape index (κ3) is 3.52. The predicted molar refractivity (Wildman–Crippen MR) is 73.8 cm³/mol. The van der Waals surface area contributed by atoms with Gasteiger partial charge in [-0.3, -0.25) is 9.40 Å². The van der Waals surface area contributed by atoms with Gasteiger partial charge in [0, 0.05) is 18.1 Å². The molecular weight excluding hydrogens is 286 g/mol. The molecule has 0 atom stereocenters. The first-order valence-corrected chi connectivity index (χ1v) is 7.99. The number of anilines is 1. The predicted octanol–water partition coefficient (Wildman–Crippen LogP) is 0.668. The number of aromatic nitrogens is 3. The van der Waals surface area contributed by atoms with Crippen molar-refractivity contribution in [2.45, 2.75) is 18.4 Å². The summed E-state index contributed by atoms with van der Waals surface area (Å²) in [5.41, 5.74) is 0.785. The van der Waals surface area contributed by atoms with E-state index >= 15 is 0 Å². The Balaban J connectivity index is 2.13. The topological polar surface area (TPSA) is 88.9 Å². The lowest BCUT2D eigenvalue weighted by atomic mass is 10.6. The molecule has 0 aromatic carbocycles. The van der Waals surface area contributed by atoms with Crippen molar-refractivity contribution in [2.24, 2.45) is 0 Å². The van der Waals surface area contributed by atoms with Crippen LogP contribution in [0.5, 0.6) is 0 Å². The van der Waals surface area contributed by atoms with E-state index in [2.05, 4.69) is 20.1 Å². The first kappa shape index (κ1) is 14.0. The van der Waals surface area contributed by atoms with Crippen molar-refractivity contribution in [3.8, 4) is 0 Å². The minimum atomic E-state index is -3.61. The molecule has 0 radical (unpaired) electrons. The van der Waals surface area contributed by atoms with E-state index in [1.165, 1.54) is 23.7 Å². The van der Waals surface area contributed by atoms with Crippen LogP contribution in [0.25, 0.3) is 0 Å². The fraction of sp³-hybridized carbons (Fsp3) is 0.400. The van der Waals surface area contributed by atoms with Gasteiger partial charge in [0.1, 0.15) is 4.90 Å². The Hall–Kier alpha value is -1.45. The Labute approximate surface area is 115 Å². The van der Waals surface area contributed by atoms with E-state index in [1.807, 2.05) is 14.0 Å². The quantitative estimate of drug-likeness (QED) is 0.818. The van der Waals surface area contributed by atoms with Gasteiger partial charge in [0.15, 0.2) is 5.13 Å². The van der Waals surface area contributed by atoms with Gasteiger partial charge in [-0.25, -0.2) is 13.4 Å². The number of hydrogen-bond donors (Lipinski definition) is 2. The van der Waals surface area contributed by atoms with E-state index < -0.39 is 10.0 Å². The smallest absolute Gasteiger partial charge is 0.266 e. The second-order valence-electron chi connectivity index (χ2n) is 3.94. The summed E-state index contributed by atoms with van der Waals surface area (Å²) < 4.78 is 28.2. The monoisotopic (exact) mass is 301 g/mol. The van der Waals surface area contributed by atoms with Crippen LogP contribution >= 0.6 is 11.3 Å². The molecule has 0 spiro atoms. The van der Waals surface area contributed by atoms with Crippen molar-refractivity contribution in [1.82, 2.24) is 20.1 Å². The van der Waals surface area contributed by atoms with Crippen LogP contribution in [0.15, 0.2) is 22.7 Å². The molecule has 0 bridgehead atoms. The third-order valence-corrected chi connectivity index (χ3v) is 4.65. The molecule has 0 fully saturated rings. The van der Waals surface area contributed by atoms with Gasteiger partial charge in [-0.05, 0) is 14.0 Å². The normalized spacial score (nSPS) is 11.7. The maximum Gasteiger partial charge on any atom is 0.266 e. The maximum absolute atomic E-state index is 12.1. The van der Waals surface area contributed by atoms with Crippen LogP contribution < -0.4 is 10.0 Å². The summed E-state index contributed by atoms with van der Waals surface area (Å²) in [5, 5.41) is 9.13. The Morgan fingerprint density at radius 2 is 2.26 bits per heavy atom. The van der Waals surface area contributed by atoms with Gasteiger partial charge in [0.2, 0.25) is 0 Å². The van der Waals surface area contributed by atoms with Crippen LogP contribution in [-0.2, 0) is 16.6 Å². The second kappa shape index (κ2) is 5.68. The van der Waals surface area contributed by atoms with Crippen LogP contribution in [0.2, 0.25) is 0 Å². The largest absolute Gasteiger partial charge is 0.318 e. The third-order valence-electron chi connectivity index (χ3n) is 2.35. The van der Waals surface area contributed by atoms with Gasteiger partial charge in [-0.1, -0.05) is 0 Å². The molecule has 9 heteroatoms. The molecule has 0 unspecified atom stereocenters. The van der Waals surface area contributed by atoms with Crippen LogP contribution in [0, 0.1) is 6.92 Å². The zero-order valence-corrected chi connectivity index (χ0v) is 12.3. The highest BCUT2D eigenvalue weighted by molar-refractivity contribution is 7.93. The highest BCUT2D eigenvalue weighted by Crippen LogP contribution is 2.19. The van der Waals surface area contributed by atoms with Crippen LogP contribution in [0.4, 0.5) is 5.13 Å². The van der Waals surface area contributed by atoms with E-state index in [1.54, 1.807) is 10.1 Å². The Kier molecular flexibility index (Phi) is 4.17. The average Bonchev–Trinajstić information content (AvgIpc) is 2.95. The van der Waals surface area contributed by atoms with Gasteiger partial charge in [0.25, 0.3) is 10.0 Å². The fourth-order valence-corrected chi connectivity index (χ4v) is 3.30. The molecule has 2 rings (SSSR count). The van der Waals surface area contributed by atoms with Gasteiger partial charge >= 0.3 is 0 Å². The number of rotatable bonds is 6. The summed E-state index contributed by atoms with van der Waals surface area (Å²) in [7, 11) is -1.78. The minimum absolute atomic E-state index is 0.136. The van der Waals surface area contributed by atoms with Gasteiger partial charge < -0.3 is 5.32 Å². The number of thiazole rings is 1. The van der Waals surface area contributed by atoms with Crippen molar-refractivity contribution >= 4 is 26.5 Å². The van der Waals surface area contributed by atoms with Crippen LogP contribution in [0.1, 0.15) is 5.69 Å². The van der Waals surface area contributed by atoms with E-state index in [0.29, 0.717) is 11.7 Å². The summed E-state index contributed by atoms with van der Waals surface area (Å²) in [4.78, 5) is 4.20. The van der Waals surface area contributed by atoms with E-state index in [-0.39, 0.29) is 4.90 Å². The summed E-state index contributed by atoms with van der Waals surface area (Å²) in [6.07, 6.45) is 2.83.